The smallest absolute Gasteiger partial charge is 0.225 e. The molecule has 1 atom stereocenters. The van der Waals surface area contributed by atoms with Crippen LogP contribution in [-0.4, -0.2) is 11.9 Å². The molecule has 1 amide bonds. The molecule has 2 rings (SSSR count). The van der Waals surface area contributed by atoms with Gasteiger partial charge in [0, 0.05) is 18.2 Å². The molecule has 4 nitrogen and oxygen atoms in total. The monoisotopic (exact) mass is 298 g/mol. The van der Waals surface area contributed by atoms with E-state index >= 15 is 0 Å². The molecule has 0 aliphatic rings. The molecule has 0 spiro atoms. The number of amides is 1. The molecule has 0 bridgehead atoms. The average Bonchev–Trinajstić information content (AvgIpc) is 2.49. The number of ether oxygens (including phenoxy) is 1. The van der Waals surface area contributed by atoms with Gasteiger partial charge in [-0.15, -0.1) is 0 Å². The van der Waals surface area contributed by atoms with Gasteiger partial charge in [-0.2, -0.15) is 0 Å². The number of benzene rings is 2. The number of hydrogen-bond donors (Lipinski definition) is 2. The standard InChI is InChI=1S/C18H22N2O2/c1-14(19)11-18(21)20-17-9-7-16(8-10-17)13-22-12-15-5-3-2-4-6-15/h2-10,14H,11-13,19H2,1H3,(H,20,21). The van der Waals surface area contributed by atoms with Crippen molar-refractivity contribution < 1.29 is 9.53 Å². The molecule has 0 aromatic heterocycles. The molecule has 0 saturated heterocycles. The lowest BCUT2D eigenvalue weighted by Gasteiger charge is -2.08. The first-order chi connectivity index (χ1) is 10.6. The van der Waals surface area contributed by atoms with E-state index in [9.17, 15) is 4.79 Å². The second-order valence-corrected chi connectivity index (χ2v) is 5.40. The highest BCUT2D eigenvalue weighted by Gasteiger charge is 2.05. The largest absolute Gasteiger partial charge is 0.372 e. The third kappa shape index (κ3) is 5.68. The van der Waals surface area contributed by atoms with Gasteiger partial charge in [0.25, 0.3) is 0 Å². The van der Waals surface area contributed by atoms with Gasteiger partial charge in [0.2, 0.25) is 5.91 Å². The molecule has 0 saturated carbocycles. The van der Waals surface area contributed by atoms with Crippen LogP contribution in [0.25, 0.3) is 0 Å². The average molecular weight is 298 g/mol. The maximum atomic E-state index is 11.6. The first kappa shape index (κ1) is 16.2. The van der Waals surface area contributed by atoms with Crippen LogP contribution in [0.5, 0.6) is 0 Å². The Morgan fingerprint density at radius 3 is 2.23 bits per heavy atom. The van der Waals surface area contributed by atoms with Gasteiger partial charge < -0.3 is 15.8 Å². The summed E-state index contributed by atoms with van der Waals surface area (Å²) in [4.78, 5) is 11.6. The predicted octanol–water partition coefficient (Wildman–Crippen LogP) is 3.08. The quantitative estimate of drug-likeness (QED) is 0.825. The first-order valence-corrected chi connectivity index (χ1v) is 7.39. The molecular formula is C18H22N2O2. The maximum Gasteiger partial charge on any atom is 0.225 e. The van der Waals surface area contributed by atoms with Crippen molar-refractivity contribution >= 4 is 11.6 Å². The molecule has 22 heavy (non-hydrogen) atoms. The summed E-state index contributed by atoms with van der Waals surface area (Å²) in [6, 6.07) is 17.6. The number of hydrogen-bond acceptors (Lipinski definition) is 3. The number of carbonyl (C=O) groups excluding carboxylic acids is 1. The number of carbonyl (C=O) groups is 1. The topological polar surface area (TPSA) is 64.4 Å². The van der Waals surface area contributed by atoms with E-state index in [4.69, 9.17) is 10.5 Å². The summed E-state index contributed by atoms with van der Waals surface area (Å²) >= 11 is 0. The zero-order valence-corrected chi connectivity index (χ0v) is 12.8. The summed E-state index contributed by atoms with van der Waals surface area (Å²) in [6.45, 7) is 2.95. The van der Waals surface area contributed by atoms with Crippen LogP contribution in [0.4, 0.5) is 5.69 Å². The fourth-order valence-corrected chi connectivity index (χ4v) is 2.05. The summed E-state index contributed by atoms with van der Waals surface area (Å²) in [5.74, 6) is -0.0666. The van der Waals surface area contributed by atoms with Crippen LogP contribution in [-0.2, 0) is 22.7 Å². The first-order valence-electron chi connectivity index (χ1n) is 7.39. The zero-order valence-electron chi connectivity index (χ0n) is 12.8. The Hall–Kier alpha value is -2.17. The summed E-state index contributed by atoms with van der Waals surface area (Å²) in [6.07, 6.45) is 0.321. The molecule has 0 aliphatic carbocycles. The molecule has 116 valence electrons. The van der Waals surface area contributed by atoms with E-state index in [0.29, 0.717) is 19.6 Å². The van der Waals surface area contributed by atoms with Crippen LogP contribution >= 0.6 is 0 Å². The number of nitrogens with two attached hydrogens (primary N) is 1. The van der Waals surface area contributed by atoms with E-state index in [2.05, 4.69) is 5.32 Å². The Morgan fingerprint density at radius 2 is 1.64 bits per heavy atom. The van der Waals surface area contributed by atoms with Crippen LogP contribution in [0.3, 0.4) is 0 Å². The van der Waals surface area contributed by atoms with Gasteiger partial charge in [-0.25, -0.2) is 0 Å². The van der Waals surface area contributed by atoms with E-state index in [-0.39, 0.29) is 11.9 Å². The van der Waals surface area contributed by atoms with Crippen molar-refractivity contribution in [2.45, 2.75) is 32.6 Å². The van der Waals surface area contributed by atoms with Gasteiger partial charge in [-0.3, -0.25) is 4.79 Å². The minimum atomic E-state index is -0.134. The van der Waals surface area contributed by atoms with Gasteiger partial charge in [0.1, 0.15) is 0 Å². The molecule has 0 fully saturated rings. The molecule has 0 heterocycles. The van der Waals surface area contributed by atoms with Crippen molar-refractivity contribution in [3.63, 3.8) is 0 Å². The van der Waals surface area contributed by atoms with Crippen molar-refractivity contribution in [1.82, 2.24) is 0 Å². The van der Waals surface area contributed by atoms with Crippen molar-refractivity contribution in [2.75, 3.05) is 5.32 Å². The fraction of sp³-hybridized carbons (Fsp3) is 0.278. The molecule has 1 unspecified atom stereocenters. The van der Waals surface area contributed by atoms with Crippen molar-refractivity contribution in [3.05, 3.63) is 65.7 Å². The van der Waals surface area contributed by atoms with E-state index in [1.54, 1.807) is 0 Å². The predicted molar refractivity (Wildman–Crippen MR) is 88.3 cm³/mol. The Kier molecular flexibility index (Phi) is 6.13. The summed E-state index contributed by atoms with van der Waals surface area (Å²) in [5.41, 5.74) is 8.60. The number of nitrogens with one attached hydrogen (secondary N) is 1. The highest BCUT2D eigenvalue weighted by Crippen LogP contribution is 2.12. The lowest BCUT2D eigenvalue weighted by Crippen LogP contribution is -2.23. The molecule has 2 aromatic carbocycles. The molecule has 0 aliphatic heterocycles. The fourth-order valence-electron chi connectivity index (χ4n) is 2.05. The Morgan fingerprint density at radius 1 is 1.05 bits per heavy atom. The second kappa shape index (κ2) is 8.32. The number of anilines is 1. The van der Waals surface area contributed by atoms with Crippen molar-refractivity contribution in [2.24, 2.45) is 5.73 Å². The highest BCUT2D eigenvalue weighted by molar-refractivity contribution is 5.91. The maximum absolute atomic E-state index is 11.6. The van der Waals surface area contributed by atoms with Gasteiger partial charge in [-0.05, 0) is 30.2 Å². The SMILES string of the molecule is CC(N)CC(=O)Nc1ccc(COCc2ccccc2)cc1. The Bertz CT molecular complexity index is 580. The summed E-state index contributed by atoms with van der Waals surface area (Å²) in [5, 5.41) is 2.82. The van der Waals surface area contributed by atoms with Crippen molar-refractivity contribution in [3.8, 4) is 0 Å². The van der Waals surface area contributed by atoms with Crippen molar-refractivity contribution in [1.29, 1.82) is 0 Å². The lowest BCUT2D eigenvalue weighted by molar-refractivity contribution is -0.116. The van der Waals surface area contributed by atoms with E-state index in [1.165, 1.54) is 0 Å². The Labute approximate surface area is 131 Å². The summed E-state index contributed by atoms with van der Waals surface area (Å²) < 4.78 is 5.68. The third-order valence-electron chi connectivity index (χ3n) is 3.13. The van der Waals surface area contributed by atoms with Gasteiger partial charge in [0.15, 0.2) is 0 Å². The van der Waals surface area contributed by atoms with E-state index in [0.717, 1.165) is 16.8 Å². The van der Waals surface area contributed by atoms with E-state index in [1.807, 2.05) is 61.5 Å². The Balaban J connectivity index is 1.78. The third-order valence-corrected chi connectivity index (χ3v) is 3.13. The van der Waals surface area contributed by atoms with E-state index < -0.39 is 0 Å². The molecule has 2 aromatic rings. The molecular weight excluding hydrogens is 276 g/mol. The zero-order chi connectivity index (χ0) is 15.8. The number of rotatable bonds is 7. The minimum absolute atomic E-state index is 0.0666. The lowest BCUT2D eigenvalue weighted by atomic mass is 10.2. The molecule has 0 radical (unpaired) electrons. The summed E-state index contributed by atoms with van der Waals surface area (Å²) in [7, 11) is 0. The van der Waals surface area contributed by atoms with Crippen LogP contribution in [0.1, 0.15) is 24.5 Å². The highest BCUT2D eigenvalue weighted by atomic mass is 16.5. The minimum Gasteiger partial charge on any atom is -0.372 e. The second-order valence-electron chi connectivity index (χ2n) is 5.40. The van der Waals surface area contributed by atoms with Crippen LogP contribution < -0.4 is 11.1 Å². The van der Waals surface area contributed by atoms with Gasteiger partial charge in [-0.1, -0.05) is 42.5 Å². The van der Waals surface area contributed by atoms with Crippen LogP contribution in [0, 0.1) is 0 Å². The molecule has 3 N–H and O–H groups in total. The van der Waals surface area contributed by atoms with Gasteiger partial charge >= 0.3 is 0 Å². The van der Waals surface area contributed by atoms with Gasteiger partial charge in [0.05, 0.1) is 13.2 Å². The normalized spacial score (nSPS) is 11.9. The molecule has 4 heteroatoms. The van der Waals surface area contributed by atoms with Crippen LogP contribution in [0.15, 0.2) is 54.6 Å². The van der Waals surface area contributed by atoms with Crippen LogP contribution in [0.2, 0.25) is 0 Å².